The molecule has 0 aliphatic carbocycles. The summed E-state index contributed by atoms with van der Waals surface area (Å²) in [6, 6.07) is 15.2. The Hall–Kier alpha value is -3.65. The molecule has 0 fully saturated rings. The van der Waals surface area contributed by atoms with E-state index >= 15 is 0 Å². The summed E-state index contributed by atoms with van der Waals surface area (Å²) in [5.74, 6) is -1.58. The molecule has 9 heteroatoms. The molecule has 4 aromatic rings. The van der Waals surface area contributed by atoms with Crippen LogP contribution in [0.3, 0.4) is 0 Å². The number of nitrogens with zero attached hydrogens (tertiary/aromatic N) is 5. The molecule has 1 N–H and O–H groups in total. The lowest BCUT2D eigenvalue weighted by molar-refractivity contribution is 0.261. The monoisotopic (exact) mass is 436 g/mol. The van der Waals surface area contributed by atoms with E-state index in [9.17, 15) is 8.78 Å². The molecule has 31 heavy (non-hydrogen) atoms. The summed E-state index contributed by atoms with van der Waals surface area (Å²) in [6.45, 7) is 0.864. The highest BCUT2D eigenvalue weighted by Crippen LogP contribution is 2.25. The molecular formula is C22H15ClF2N6. The van der Waals surface area contributed by atoms with E-state index in [1.165, 1.54) is 12.1 Å². The maximum atomic E-state index is 14.1. The lowest BCUT2D eigenvalue weighted by Gasteiger charge is -2.20. The molecular weight excluding hydrogens is 422 g/mol. The molecule has 5 rings (SSSR count). The highest BCUT2D eigenvalue weighted by Gasteiger charge is 2.20. The lowest BCUT2D eigenvalue weighted by Crippen LogP contribution is -2.22. The van der Waals surface area contributed by atoms with Gasteiger partial charge in [0.2, 0.25) is 0 Å². The maximum Gasteiger partial charge on any atom is 0.169 e. The van der Waals surface area contributed by atoms with Crippen molar-refractivity contribution in [3.63, 3.8) is 0 Å². The normalized spacial score (nSPS) is 12.8. The van der Waals surface area contributed by atoms with E-state index in [1.54, 1.807) is 23.4 Å². The van der Waals surface area contributed by atoms with E-state index in [2.05, 4.69) is 25.3 Å². The zero-order chi connectivity index (χ0) is 21.4. The number of halogens is 3. The third-order valence-electron chi connectivity index (χ3n) is 4.91. The summed E-state index contributed by atoms with van der Waals surface area (Å²) in [4.78, 5) is 7.41. The van der Waals surface area contributed by atoms with Gasteiger partial charge in [0.05, 0.1) is 41.9 Å². The molecule has 1 aliphatic rings. The number of benzene rings is 2. The zero-order valence-electron chi connectivity index (χ0n) is 16.1. The van der Waals surface area contributed by atoms with Gasteiger partial charge in [-0.1, -0.05) is 29.8 Å². The third kappa shape index (κ3) is 3.89. The summed E-state index contributed by atoms with van der Waals surface area (Å²) in [7, 11) is 0. The lowest BCUT2D eigenvalue weighted by atomic mass is 10.1. The minimum Gasteiger partial charge on any atom is -0.340 e. The zero-order valence-corrected chi connectivity index (χ0v) is 16.8. The van der Waals surface area contributed by atoms with Crippen LogP contribution in [-0.4, -0.2) is 31.4 Å². The van der Waals surface area contributed by atoms with Gasteiger partial charge in [0, 0.05) is 10.6 Å². The summed E-state index contributed by atoms with van der Waals surface area (Å²) < 4.78 is 27.6. The van der Waals surface area contributed by atoms with Crippen LogP contribution in [-0.2, 0) is 13.1 Å². The van der Waals surface area contributed by atoms with E-state index in [1.807, 2.05) is 24.3 Å². The first-order valence-corrected chi connectivity index (χ1v) is 9.85. The molecule has 2 aromatic heterocycles. The van der Waals surface area contributed by atoms with E-state index in [0.29, 0.717) is 23.8 Å². The second-order valence-corrected chi connectivity index (χ2v) is 7.47. The summed E-state index contributed by atoms with van der Waals surface area (Å²) in [5.41, 5.74) is 3.87. The van der Waals surface area contributed by atoms with E-state index in [4.69, 9.17) is 11.6 Å². The molecule has 0 saturated carbocycles. The number of aromatic nitrogens is 4. The van der Waals surface area contributed by atoms with Crippen LogP contribution in [0.1, 0.15) is 17.1 Å². The van der Waals surface area contributed by atoms with Crippen molar-refractivity contribution in [1.82, 2.24) is 25.2 Å². The number of aromatic amines is 1. The molecule has 0 radical (unpaired) electrons. The number of hydrogen-bond donors (Lipinski definition) is 1. The highest BCUT2D eigenvalue weighted by atomic mass is 35.5. The van der Waals surface area contributed by atoms with Gasteiger partial charge >= 0.3 is 0 Å². The number of hydrogen-bond acceptors (Lipinski definition) is 5. The average molecular weight is 437 g/mol. The molecule has 0 unspecified atom stereocenters. The van der Waals surface area contributed by atoms with E-state index < -0.39 is 11.6 Å². The van der Waals surface area contributed by atoms with Crippen LogP contribution < -0.4 is 0 Å². The number of rotatable bonds is 4. The van der Waals surface area contributed by atoms with Crippen molar-refractivity contribution in [2.45, 2.75) is 13.1 Å². The quantitative estimate of drug-likeness (QED) is 0.498. The summed E-state index contributed by atoms with van der Waals surface area (Å²) >= 11 is 5.92. The molecule has 0 spiro atoms. The molecule has 0 bridgehead atoms. The van der Waals surface area contributed by atoms with Crippen molar-refractivity contribution in [2.24, 2.45) is 5.10 Å². The van der Waals surface area contributed by atoms with Gasteiger partial charge < -0.3 is 4.98 Å². The average Bonchev–Trinajstić information content (AvgIpc) is 3.20. The second kappa shape index (κ2) is 7.88. The largest absolute Gasteiger partial charge is 0.340 e. The number of imidazole rings is 1. The van der Waals surface area contributed by atoms with Crippen molar-refractivity contribution < 1.29 is 8.78 Å². The summed E-state index contributed by atoms with van der Waals surface area (Å²) in [6.07, 6.45) is 1.59. The van der Waals surface area contributed by atoms with Crippen LogP contribution in [0.2, 0.25) is 5.02 Å². The van der Waals surface area contributed by atoms with Crippen molar-refractivity contribution in [2.75, 3.05) is 0 Å². The van der Waals surface area contributed by atoms with Crippen LogP contribution >= 0.6 is 11.6 Å². The third-order valence-corrected chi connectivity index (χ3v) is 5.16. The molecule has 6 nitrogen and oxygen atoms in total. The first-order chi connectivity index (χ1) is 15.1. The van der Waals surface area contributed by atoms with Gasteiger partial charge in [0.1, 0.15) is 11.5 Å². The van der Waals surface area contributed by atoms with E-state index in [0.717, 1.165) is 28.7 Å². The van der Waals surface area contributed by atoms with Crippen molar-refractivity contribution in [3.8, 4) is 22.6 Å². The Balaban J connectivity index is 1.31. The van der Waals surface area contributed by atoms with Gasteiger partial charge in [0.15, 0.2) is 11.6 Å². The number of nitrogens with one attached hydrogen (secondary N) is 1. The SMILES string of the molecule is Fc1cccc(-c2nc3c([nH]2)CN(Cc2ccc(-c4ccc(Cl)cc4)nn2)N=C3)c1F. The molecule has 0 saturated heterocycles. The van der Waals surface area contributed by atoms with Gasteiger partial charge in [-0.15, -0.1) is 0 Å². The first kappa shape index (κ1) is 19.3. The Morgan fingerprint density at radius 2 is 1.84 bits per heavy atom. The smallest absolute Gasteiger partial charge is 0.169 e. The molecule has 2 aromatic carbocycles. The Bertz CT molecular complexity index is 1270. The molecule has 0 atom stereocenters. The molecule has 1 aliphatic heterocycles. The number of H-pyrrole nitrogens is 1. The van der Waals surface area contributed by atoms with Gasteiger partial charge in [-0.2, -0.15) is 15.3 Å². The predicted octanol–water partition coefficient (Wildman–Crippen LogP) is 4.82. The topological polar surface area (TPSA) is 70.1 Å². The Morgan fingerprint density at radius 3 is 2.61 bits per heavy atom. The first-order valence-electron chi connectivity index (χ1n) is 9.47. The standard InChI is InChI=1S/C22H15ClF2N6/c23-14-6-4-13(5-7-14)18-9-8-15(29-30-18)11-31-12-20-19(10-26-31)27-22(28-20)16-2-1-3-17(24)21(16)25/h1-10H,11-12H2,(H,27,28). The fourth-order valence-electron chi connectivity index (χ4n) is 3.33. The van der Waals surface area contributed by atoms with Crippen molar-refractivity contribution in [3.05, 3.63) is 88.3 Å². The fraction of sp³-hybridized carbons (Fsp3) is 0.0909. The Labute approximate surface area is 181 Å². The van der Waals surface area contributed by atoms with Crippen LogP contribution in [0.5, 0.6) is 0 Å². The second-order valence-electron chi connectivity index (χ2n) is 7.03. The van der Waals surface area contributed by atoms with Crippen LogP contribution in [0.4, 0.5) is 8.78 Å². The van der Waals surface area contributed by atoms with Crippen LogP contribution in [0, 0.1) is 11.6 Å². The minimum atomic E-state index is -0.932. The predicted molar refractivity (Wildman–Crippen MR) is 113 cm³/mol. The molecule has 0 amide bonds. The van der Waals surface area contributed by atoms with Crippen LogP contribution in [0.25, 0.3) is 22.6 Å². The maximum absolute atomic E-state index is 14.1. The van der Waals surface area contributed by atoms with Crippen molar-refractivity contribution >= 4 is 17.8 Å². The van der Waals surface area contributed by atoms with Gasteiger partial charge in [-0.05, 0) is 36.4 Å². The molecule has 154 valence electrons. The fourth-order valence-corrected chi connectivity index (χ4v) is 3.45. The Morgan fingerprint density at radius 1 is 1.00 bits per heavy atom. The van der Waals surface area contributed by atoms with Crippen LogP contribution in [0.15, 0.2) is 59.7 Å². The van der Waals surface area contributed by atoms with Gasteiger partial charge in [-0.3, -0.25) is 5.01 Å². The van der Waals surface area contributed by atoms with Gasteiger partial charge in [0.25, 0.3) is 0 Å². The molecule has 3 heterocycles. The number of hydrazone groups is 1. The van der Waals surface area contributed by atoms with Gasteiger partial charge in [-0.25, -0.2) is 13.8 Å². The summed E-state index contributed by atoms with van der Waals surface area (Å²) in [5, 5.41) is 15.4. The van der Waals surface area contributed by atoms with E-state index in [-0.39, 0.29) is 11.4 Å². The minimum absolute atomic E-state index is 0.0815. The highest BCUT2D eigenvalue weighted by molar-refractivity contribution is 6.30. The Kier molecular flexibility index (Phi) is 4.91. The van der Waals surface area contributed by atoms with Crippen molar-refractivity contribution in [1.29, 1.82) is 0 Å². The number of fused-ring (bicyclic) bond motifs is 1.